The van der Waals surface area contributed by atoms with Gasteiger partial charge in [-0.2, -0.15) is 0 Å². The van der Waals surface area contributed by atoms with Crippen molar-refractivity contribution in [2.45, 2.75) is 0 Å². The number of fused-ring (bicyclic) bond motifs is 4. The molecule has 3 heteroatoms. The molecule has 114 valence electrons. The number of para-hydroxylation sites is 2. The smallest absolute Gasteiger partial charge is 0.255 e. The number of aromatic amines is 1. The average molecular weight is 310 g/mol. The number of nitrogens with zero attached hydrogens (tertiary/aromatic N) is 1. The van der Waals surface area contributed by atoms with E-state index in [1.807, 2.05) is 18.2 Å². The van der Waals surface area contributed by atoms with Gasteiger partial charge in [0.05, 0.1) is 11.0 Å². The van der Waals surface area contributed by atoms with Gasteiger partial charge in [-0.05, 0) is 41.8 Å². The molecule has 0 saturated carbocycles. The zero-order valence-corrected chi connectivity index (χ0v) is 12.9. The minimum absolute atomic E-state index is 0.0544. The molecule has 24 heavy (non-hydrogen) atoms. The van der Waals surface area contributed by atoms with Gasteiger partial charge >= 0.3 is 0 Å². The fourth-order valence-corrected chi connectivity index (χ4v) is 3.52. The minimum Gasteiger partial charge on any atom is -0.329 e. The van der Waals surface area contributed by atoms with E-state index in [1.165, 1.54) is 21.8 Å². The van der Waals surface area contributed by atoms with Crippen molar-refractivity contribution in [3.63, 3.8) is 0 Å². The molecule has 5 rings (SSSR count). The molecule has 0 aliphatic heterocycles. The van der Waals surface area contributed by atoms with Crippen molar-refractivity contribution < 1.29 is 0 Å². The van der Waals surface area contributed by atoms with Gasteiger partial charge in [-0.1, -0.05) is 36.4 Å². The third kappa shape index (κ3) is 1.75. The molecule has 0 bridgehead atoms. The van der Waals surface area contributed by atoms with E-state index in [0.717, 1.165) is 11.1 Å². The summed E-state index contributed by atoms with van der Waals surface area (Å²) in [6, 6.07) is 24.8. The Labute approximate surface area is 137 Å². The summed E-state index contributed by atoms with van der Waals surface area (Å²) in [5.74, 6) is 0. The Kier molecular flexibility index (Phi) is 2.65. The van der Waals surface area contributed by atoms with Crippen LogP contribution in [0.3, 0.4) is 0 Å². The fraction of sp³-hybridized carbons (Fsp3) is 0. The van der Waals surface area contributed by atoms with Crippen LogP contribution in [0, 0.1) is 0 Å². The quantitative estimate of drug-likeness (QED) is 0.482. The van der Waals surface area contributed by atoms with E-state index >= 15 is 0 Å². The first-order valence-electron chi connectivity index (χ1n) is 7.93. The highest BCUT2D eigenvalue weighted by Gasteiger charge is 2.11. The van der Waals surface area contributed by atoms with Gasteiger partial charge in [-0.3, -0.25) is 4.79 Å². The van der Waals surface area contributed by atoms with Gasteiger partial charge in [-0.15, -0.1) is 0 Å². The number of nitrogens with one attached hydrogen (secondary N) is 1. The molecule has 0 atom stereocenters. The first kappa shape index (κ1) is 13.1. The molecular formula is C21H14N2O. The summed E-state index contributed by atoms with van der Waals surface area (Å²) in [5.41, 5.74) is 3.34. The van der Waals surface area contributed by atoms with Crippen LogP contribution >= 0.6 is 0 Å². The van der Waals surface area contributed by atoms with Crippen molar-refractivity contribution in [2.75, 3.05) is 0 Å². The summed E-state index contributed by atoms with van der Waals surface area (Å²) in [4.78, 5) is 14.7. The SMILES string of the molecule is O=c1[nH]ccc2cc(-n3c4ccccc4c4ccccc43)ccc12. The van der Waals surface area contributed by atoms with Crippen LogP contribution < -0.4 is 5.56 Å². The second kappa shape index (κ2) is 4.83. The minimum atomic E-state index is -0.0544. The molecule has 5 aromatic rings. The van der Waals surface area contributed by atoms with Crippen LogP contribution in [0.5, 0.6) is 0 Å². The molecule has 0 spiro atoms. The highest BCUT2D eigenvalue weighted by Crippen LogP contribution is 2.32. The average Bonchev–Trinajstić information content (AvgIpc) is 2.96. The second-order valence-corrected chi connectivity index (χ2v) is 5.95. The van der Waals surface area contributed by atoms with Crippen LogP contribution in [-0.2, 0) is 0 Å². The van der Waals surface area contributed by atoms with Crippen molar-refractivity contribution in [3.8, 4) is 5.69 Å². The lowest BCUT2D eigenvalue weighted by atomic mass is 10.1. The first-order chi connectivity index (χ1) is 11.8. The Bertz CT molecular complexity index is 1220. The highest BCUT2D eigenvalue weighted by atomic mass is 16.1. The van der Waals surface area contributed by atoms with E-state index in [-0.39, 0.29) is 5.56 Å². The molecule has 2 heterocycles. The van der Waals surface area contributed by atoms with Gasteiger partial charge in [0.2, 0.25) is 0 Å². The van der Waals surface area contributed by atoms with Crippen molar-refractivity contribution in [1.82, 2.24) is 9.55 Å². The summed E-state index contributed by atoms with van der Waals surface area (Å²) in [6.45, 7) is 0. The van der Waals surface area contributed by atoms with E-state index in [1.54, 1.807) is 6.20 Å². The largest absolute Gasteiger partial charge is 0.329 e. The van der Waals surface area contributed by atoms with Gasteiger partial charge in [0, 0.05) is 28.0 Å². The van der Waals surface area contributed by atoms with E-state index in [2.05, 4.69) is 64.1 Å². The van der Waals surface area contributed by atoms with Crippen LogP contribution in [-0.4, -0.2) is 9.55 Å². The molecule has 0 amide bonds. The normalized spacial score (nSPS) is 11.5. The summed E-state index contributed by atoms with van der Waals surface area (Å²) < 4.78 is 2.26. The number of pyridine rings is 1. The van der Waals surface area contributed by atoms with E-state index in [9.17, 15) is 4.79 Å². The van der Waals surface area contributed by atoms with Crippen LogP contribution in [0.15, 0.2) is 83.8 Å². The topological polar surface area (TPSA) is 37.8 Å². The van der Waals surface area contributed by atoms with Gasteiger partial charge in [-0.25, -0.2) is 0 Å². The zero-order valence-electron chi connectivity index (χ0n) is 12.9. The van der Waals surface area contributed by atoms with E-state index in [0.29, 0.717) is 5.39 Å². The first-order valence-corrected chi connectivity index (χ1v) is 7.93. The Balaban J connectivity index is 1.93. The molecule has 0 saturated heterocycles. The van der Waals surface area contributed by atoms with Gasteiger partial charge < -0.3 is 9.55 Å². The maximum atomic E-state index is 11.9. The number of benzene rings is 3. The maximum Gasteiger partial charge on any atom is 0.255 e. The predicted molar refractivity (Wildman–Crippen MR) is 98.9 cm³/mol. The van der Waals surface area contributed by atoms with Crippen LogP contribution in [0.25, 0.3) is 38.3 Å². The molecule has 3 nitrogen and oxygen atoms in total. The third-order valence-electron chi connectivity index (χ3n) is 4.60. The van der Waals surface area contributed by atoms with Crippen molar-refractivity contribution in [2.24, 2.45) is 0 Å². The van der Waals surface area contributed by atoms with Crippen LogP contribution in [0.4, 0.5) is 0 Å². The number of H-pyrrole nitrogens is 1. The Morgan fingerprint density at radius 3 is 2.08 bits per heavy atom. The van der Waals surface area contributed by atoms with Gasteiger partial charge in [0.15, 0.2) is 0 Å². The second-order valence-electron chi connectivity index (χ2n) is 5.95. The number of rotatable bonds is 1. The lowest BCUT2D eigenvalue weighted by Crippen LogP contribution is -2.04. The third-order valence-corrected chi connectivity index (χ3v) is 4.60. The van der Waals surface area contributed by atoms with Crippen LogP contribution in [0.1, 0.15) is 0 Å². The molecule has 0 aliphatic carbocycles. The summed E-state index contributed by atoms with van der Waals surface area (Å²) >= 11 is 0. The van der Waals surface area contributed by atoms with Crippen molar-refractivity contribution >= 4 is 32.6 Å². The Hall–Kier alpha value is -3.33. The summed E-state index contributed by atoms with van der Waals surface area (Å²) in [7, 11) is 0. The summed E-state index contributed by atoms with van der Waals surface area (Å²) in [6.07, 6.45) is 1.69. The molecule has 0 fully saturated rings. The Morgan fingerprint density at radius 2 is 1.38 bits per heavy atom. The number of hydrogen-bond donors (Lipinski definition) is 1. The van der Waals surface area contributed by atoms with Gasteiger partial charge in [0.1, 0.15) is 0 Å². The molecule has 2 aromatic heterocycles. The number of aromatic nitrogens is 2. The predicted octanol–water partition coefficient (Wildman–Crippen LogP) is 4.63. The molecular weight excluding hydrogens is 296 g/mol. The highest BCUT2D eigenvalue weighted by molar-refractivity contribution is 6.09. The monoisotopic (exact) mass is 310 g/mol. The van der Waals surface area contributed by atoms with E-state index < -0.39 is 0 Å². The summed E-state index contributed by atoms with van der Waals surface area (Å²) in [5, 5.41) is 4.12. The molecule has 0 aliphatic rings. The van der Waals surface area contributed by atoms with Crippen molar-refractivity contribution in [3.05, 3.63) is 89.3 Å². The number of hydrogen-bond acceptors (Lipinski definition) is 1. The zero-order chi connectivity index (χ0) is 16.1. The lowest BCUT2D eigenvalue weighted by Gasteiger charge is -2.09. The van der Waals surface area contributed by atoms with E-state index in [4.69, 9.17) is 0 Å². The van der Waals surface area contributed by atoms with Gasteiger partial charge in [0.25, 0.3) is 5.56 Å². The molecule has 0 unspecified atom stereocenters. The standard InChI is InChI=1S/C21H14N2O/c24-21-16-10-9-15(13-14(16)11-12-22-21)23-19-7-3-1-5-17(19)18-6-2-4-8-20(18)23/h1-13H,(H,22,24). The van der Waals surface area contributed by atoms with Crippen LogP contribution in [0.2, 0.25) is 0 Å². The maximum absolute atomic E-state index is 11.9. The molecule has 1 N–H and O–H groups in total. The van der Waals surface area contributed by atoms with Crippen molar-refractivity contribution in [1.29, 1.82) is 0 Å². The Morgan fingerprint density at radius 1 is 0.708 bits per heavy atom. The lowest BCUT2D eigenvalue weighted by molar-refractivity contribution is 1.18. The molecule has 3 aromatic carbocycles. The molecule has 0 radical (unpaired) electrons. The fourth-order valence-electron chi connectivity index (χ4n) is 3.52.